The van der Waals surface area contributed by atoms with Crippen LogP contribution >= 0.6 is 0 Å². The molecular formula is C23H33FN6O2. The number of anilines is 4. The van der Waals surface area contributed by atoms with Gasteiger partial charge in [0.2, 0.25) is 17.8 Å². The molecule has 0 bridgehead atoms. The number of hydrogen-bond donors (Lipinski definition) is 4. The highest BCUT2D eigenvalue weighted by Gasteiger charge is 2.25. The topological polar surface area (TPSA) is 104 Å². The Hall–Kier alpha value is -2.68. The molecule has 2 saturated carbocycles. The Bertz CT molecular complexity index is 891. The number of ether oxygens (including phenoxy) is 1. The molecule has 1 aromatic heterocycles. The number of methoxy groups -OCH3 is 1. The summed E-state index contributed by atoms with van der Waals surface area (Å²) in [5.74, 6) is 1.17. The van der Waals surface area contributed by atoms with Crippen LogP contribution in [-0.4, -0.2) is 45.9 Å². The Morgan fingerprint density at radius 2 is 1.72 bits per heavy atom. The molecule has 2 aliphatic carbocycles. The molecule has 0 amide bonds. The summed E-state index contributed by atoms with van der Waals surface area (Å²) in [5, 5.41) is 19.9. The molecule has 9 heteroatoms. The van der Waals surface area contributed by atoms with Crippen LogP contribution in [-0.2, 0) is 0 Å². The van der Waals surface area contributed by atoms with Crippen molar-refractivity contribution in [2.24, 2.45) is 5.92 Å². The van der Waals surface area contributed by atoms with Gasteiger partial charge in [0.1, 0.15) is 0 Å². The molecule has 4 rings (SSSR count). The van der Waals surface area contributed by atoms with Crippen molar-refractivity contribution in [1.29, 1.82) is 0 Å². The summed E-state index contributed by atoms with van der Waals surface area (Å²) in [6.45, 7) is 0.602. The van der Waals surface area contributed by atoms with Crippen LogP contribution in [0.2, 0.25) is 0 Å². The monoisotopic (exact) mass is 444 g/mol. The van der Waals surface area contributed by atoms with E-state index in [9.17, 15) is 9.50 Å². The normalized spacial score (nSPS) is 21.7. The first-order valence-corrected chi connectivity index (χ1v) is 11.7. The summed E-state index contributed by atoms with van der Waals surface area (Å²) in [7, 11) is 1.43. The largest absolute Gasteiger partial charge is 0.494 e. The SMILES string of the molecule is COc1ccc(Nc2nc(NCC3CCCC3O)nc(NC3CCCCCC3)n2)cc1F. The molecule has 1 aromatic carbocycles. The number of benzene rings is 1. The van der Waals surface area contributed by atoms with Crippen molar-refractivity contribution in [3.8, 4) is 5.75 Å². The quantitative estimate of drug-likeness (QED) is 0.442. The molecule has 2 fully saturated rings. The molecule has 32 heavy (non-hydrogen) atoms. The van der Waals surface area contributed by atoms with Crippen LogP contribution in [0.5, 0.6) is 5.75 Å². The zero-order valence-corrected chi connectivity index (χ0v) is 18.6. The van der Waals surface area contributed by atoms with Crippen LogP contribution in [0.1, 0.15) is 57.8 Å². The van der Waals surface area contributed by atoms with E-state index in [0.717, 1.165) is 32.1 Å². The number of rotatable bonds is 8. The second-order valence-corrected chi connectivity index (χ2v) is 8.75. The minimum absolute atomic E-state index is 0.180. The average Bonchev–Trinajstić information content (AvgIpc) is 3.01. The van der Waals surface area contributed by atoms with E-state index < -0.39 is 5.82 Å². The van der Waals surface area contributed by atoms with Crippen LogP contribution in [0, 0.1) is 11.7 Å². The van der Waals surface area contributed by atoms with Crippen molar-refractivity contribution in [2.45, 2.75) is 69.9 Å². The number of nitrogens with one attached hydrogen (secondary N) is 3. The summed E-state index contributed by atoms with van der Waals surface area (Å²) in [6.07, 6.45) is 9.69. The van der Waals surface area contributed by atoms with E-state index in [2.05, 4.69) is 30.9 Å². The number of aliphatic hydroxyl groups excluding tert-OH is 1. The summed E-state index contributed by atoms with van der Waals surface area (Å²) in [4.78, 5) is 13.6. The van der Waals surface area contributed by atoms with Gasteiger partial charge in [0.25, 0.3) is 0 Å². The van der Waals surface area contributed by atoms with Crippen molar-refractivity contribution in [2.75, 3.05) is 29.6 Å². The summed E-state index contributed by atoms with van der Waals surface area (Å²) in [5.41, 5.74) is 0.520. The van der Waals surface area contributed by atoms with Gasteiger partial charge < -0.3 is 25.8 Å². The van der Waals surface area contributed by atoms with Crippen LogP contribution in [0.25, 0.3) is 0 Å². The zero-order valence-electron chi connectivity index (χ0n) is 18.6. The predicted octanol–water partition coefficient (Wildman–Crippen LogP) is 4.47. The van der Waals surface area contributed by atoms with Gasteiger partial charge in [0.15, 0.2) is 11.6 Å². The Kier molecular flexibility index (Phi) is 7.57. The second kappa shape index (κ2) is 10.8. The van der Waals surface area contributed by atoms with Gasteiger partial charge in [0.05, 0.1) is 13.2 Å². The highest BCUT2D eigenvalue weighted by atomic mass is 19.1. The molecule has 2 aromatic rings. The molecule has 2 atom stereocenters. The molecule has 1 heterocycles. The van der Waals surface area contributed by atoms with Gasteiger partial charge in [-0.25, -0.2) is 4.39 Å². The van der Waals surface area contributed by atoms with E-state index in [0.29, 0.717) is 36.1 Å². The van der Waals surface area contributed by atoms with E-state index >= 15 is 0 Å². The third-order valence-corrected chi connectivity index (χ3v) is 6.37. The highest BCUT2D eigenvalue weighted by molar-refractivity contribution is 5.57. The summed E-state index contributed by atoms with van der Waals surface area (Å²) >= 11 is 0. The first-order valence-electron chi connectivity index (χ1n) is 11.7. The van der Waals surface area contributed by atoms with Crippen molar-refractivity contribution in [1.82, 2.24) is 15.0 Å². The third kappa shape index (κ3) is 5.97. The fourth-order valence-corrected chi connectivity index (χ4v) is 4.53. The van der Waals surface area contributed by atoms with Crippen LogP contribution in [0.4, 0.5) is 27.9 Å². The maximum atomic E-state index is 14.1. The lowest BCUT2D eigenvalue weighted by Crippen LogP contribution is -2.24. The summed E-state index contributed by atoms with van der Waals surface area (Å²) < 4.78 is 19.1. The summed E-state index contributed by atoms with van der Waals surface area (Å²) in [6, 6.07) is 4.95. The Morgan fingerprint density at radius 3 is 2.41 bits per heavy atom. The lowest BCUT2D eigenvalue weighted by molar-refractivity contribution is 0.138. The van der Waals surface area contributed by atoms with Gasteiger partial charge in [-0.05, 0) is 37.8 Å². The maximum absolute atomic E-state index is 14.1. The number of halogens is 1. The molecule has 2 unspecified atom stereocenters. The van der Waals surface area contributed by atoms with E-state index in [4.69, 9.17) is 4.74 Å². The maximum Gasteiger partial charge on any atom is 0.233 e. The molecule has 2 aliphatic rings. The molecule has 4 N–H and O–H groups in total. The van der Waals surface area contributed by atoms with Crippen molar-refractivity contribution >= 4 is 23.5 Å². The van der Waals surface area contributed by atoms with Crippen LogP contribution in [0.15, 0.2) is 18.2 Å². The van der Waals surface area contributed by atoms with E-state index in [-0.39, 0.29) is 17.8 Å². The lowest BCUT2D eigenvalue weighted by Gasteiger charge is -2.19. The first kappa shape index (κ1) is 22.5. The third-order valence-electron chi connectivity index (χ3n) is 6.37. The van der Waals surface area contributed by atoms with Gasteiger partial charge >= 0.3 is 0 Å². The standard InChI is InChI=1S/C23H33FN6O2/c1-32-20-12-11-17(13-18(20)24)27-23-29-21(25-14-15-7-6-10-19(15)31)28-22(30-23)26-16-8-4-2-3-5-9-16/h11-13,15-16,19,31H,2-10,14H2,1H3,(H3,25,26,27,28,29,30). The molecule has 0 aliphatic heterocycles. The number of hydrogen-bond acceptors (Lipinski definition) is 8. The number of aliphatic hydroxyl groups is 1. The van der Waals surface area contributed by atoms with Gasteiger partial charge in [-0.1, -0.05) is 32.1 Å². The predicted molar refractivity (Wildman–Crippen MR) is 123 cm³/mol. The van der Waals surface area contributed by atoms with Crippen molar-refractivity contribution in [3.05, 3.63) is 24.0 Å². The first-order chi connectivity index (χ1) is 15.6. The lowest BCUT2D eigenvalue weighted by atomic mass is 10.1. The molecule has 0 radical (unpaired) electrons. The molecule has 174 valence electrons. The Balaban J connectivity index is 1.52. The smallest absolute Gasteiger partial charge is 0.233 e. The van der Waals surface area contributed by atoms with Gasteiger partial charge in [0, 0.05) is 30.3 Å². The highest BCUT2D eigenvalue weighted by Crippen LogP contribution is 2.27. The van der Waals surface area contributed by atoms with Gasteiger partial charge in [-0.15, -0.1) is 0 Å². The Labute approximate surface area is 188 Å². The number of nitrogens with zero attached hydrogens (tertiary/aromatic N) is 3. The molecule has 0 spiro atoms. The van der Waals surface area contributed by atoms with Gasteiger partial charge in [-0.2, -0.15) is 15.0 Å². The Morgan fingerprint density at radius 1 is 0.969 bits per heavy atom. The average molecular weight is 445 g/mol. The fourth-order valence-electron chi connectivity index (χ4n) is 4.53. The van der Waals surface area contributed by atoms with Crippen molar-refractivity contribution < 1.29 is 14.2 Å². The molecule has 8 nitrogen and oxygen atoms in total. The molecule has 0 saturated heterocycles. The van der Waals surface area contributed by atoms with Crippen LogP contribution in [0.3, 0.4) is 0 Å². The van der Waals surface area contributed by atoms with E-state index in [1.165, 1.54) is 38.9 Å². The minimum atomic E-state index is -0.461. The van der Waals surface area contributed by atoms with E-state index in [1.807, 2.05) is 0 Å². The zero-order chi connectivity index (χ0) is 22.3. The fraction of sp³-hybridized carbons (Fsp3) is 0.609. The van der Waals surface area contributed by atoms with E-state index in [1.54, 1.807) is 12.1 Å². The minimum Gasteiger partial charge on any atom is -0.494 e. The van der Waals surface area contributed by atoms with Crippen LogP contribution < -0.4 is 20.7 Å². The van der Waals surface area contributed by atoms with Gasteiger partial charge in [-0.3, -0.25) is 0 Å². The van der Waals surface area contributed by atoms with Crippen molar-refractivity contribution in [3.63, 3.8) is 0 Å². The second-order valence-electron chi connectivity index (χ2n) is 8.75. The number of aromatic nitrogens is 3. The molecular weight excluding hydrogens is 411 g/mol.